The van der Waals surface area contributed by atoms with Gasteiger partial charge in [0.15, 0.2) is 5.69 Å². The number of benzene rings is 4. The van der Waals surface area contributed by atoms with Crippen LogP contribution in [0.1, 0.15) is 5.56 Å². The summed E-state index contributed by atoms with van der Waals surface area (Å²) in [4.78, 5) is 10.8. The normalized spacial score (nSPS) is 10.9. The number of nitriles is 1. The lowest BCUT2D eigenvalue weighted by Gasteiger charge is -2.16. The second kappa shape index (κ2) is 6.57. The molecule has 0 aliphatic carbocycles. The number of hydrogen-bond donors (Lipinski definition) is 0. The molecular formula is C28H11N5. The molecule has 33 heavy (non-hydrogen) atoms. The average molecular weight is 417 g/mol. The summed E-state index contributed by atoms with van der Waals surface area (Å²) in [5, 5.41) is 16.5. The van der Waals surface area contributed by atoms with Crippen molar-refractivity contribution in [3.05, 3.63) is 107 Å². The van der Waals surface area contributed by atoms with Gasteiger partial charge in [-0.25, -0.2) is 0 Å². The Morgan fingerprint density at radius 1 is 0.636 bits per heavy atom. The number of hydrogen-bond acceptors (Lipinski definition) is 1. The molecule has 6 aromatic rings. The topological polar surface area (TPSA) is 41.3 Å². The van der Waals surface area contributed by atoms with Gasteiger partial charge in [-0.1, -0.05) is 60.7 Å². The van der Waals surface area contributed by atoms with Crippen LogP contribution >= 0.6 is 0 Å². The lowest BCUT2D eigenvalue weighted by molar-refractivity contribution is 1.29. The Kier molecular flexibility index (Phi) is 3.66. The van der Waals surface area contributed by atoms with Gasteiger partial charge in [0.25, 0.3) is 0 Å². The van der Waals surface area contributed by atoms with Crippen LogP contribution in [-0.2, 0) is 0 Å². The average Bonchev–Trinajstić information content (AvgIpc) is 3.26. The quantitative estimate of drug-likeness (QED) is 0.182. The van der Waals surface area contributed by atoms with Gasteiger partial charge in [-0.3, -0.25) is 14.5 Å². The van der Waals surface area contributed by atoms with Gasteiger partial charge in [-0.2, -0.15) is 5.26 Å². The summed E-state index contributed by atoms with van der Waals surface area (Å²) in [5.41, 5.74) is 1.53. The molecule has 0 saturated carbocycles. The first-order valence-corrected chi connectivity index (χ1v) is 10.1. The van der Waals surface area contributed by atoms with Crippen molar-refractivity contribution in [1.29, 1.82) is 5.26 Å². The van der Waals surface area contributed by atoms with Crippen LogP contribution in [0.25, 0.3) is 63.3 Å². The van der Waals surface area contributed by atoms with Gasteiger partial charge < -0.3 is 4.40 Å². The molecule has 0 radical (unpaired) electrons. The molecule has 0 fully saturated rings. The van der Waals surface area contributed by atoms with E-state index >= 15 is 0 Å². The maximum atomic E-state index is 10.1. The molecular weight excluding hydrogens is 406 g/mol. The van der Waals surface area contributed by atoms with Crippen LogP contribution in [0.2, 0.25) is 0 Å². The Labute approximate surface area is 188 Å². The van der Waals surface area contributed by atoms with Crippen molar-refractivity contribution in [1.82, 2.24) is 4.40 Å². The van der Waals surface area contributed by atoms with Gasteiger partial charge in [0.1, 0.15) is 0 Å². The maximum absolute atomic E-state index is 10.1. The van der Waals surface area contributed by atoms with Crippen molar-refractivity contribution < 1.29 is 0 Å². The third-order valence-electron chi connectivity index (χ3n) is 6.24. The number of aromatic nitrogens is 1. The van der Waals surface area contributed by atoms with E-state index in [0.29, 0.717) is 10.9 Å². The highest BCUT2D eigenvalue weighted by atomic mass is 14.9. The molecule has 0 saturated heterocycles. The van der Waals surface area contributed by atoms with Gasteiger partial charge in [0.05, 0.1) is 36.9 Å². The molecule has 0 N–H and O–H groups in total. The summed E-state index contributed by atoms with van der Waals surface area (Å²) >= 11 is 0. The molecule has 0 spiro atoms. The minimum absolute atomic E-state index is 0.0606. The monoisotopic (exact) mass is 417 g/mol. The summed E-state index contributed by atoms with van der Waals surface area (Å²) in [7, 11) is 0. The van der Waals surface area contributed by atoms with Crippen molar-refractivity contribution >= 4 is 65.8 Å². The van der Waals surface area contributed by atoms with E-state index in [1.165, 1.54) is 0 Å². The highest BCUT2D eigenvalue weighted by Crippen LogP contribution is 2.51. The van der Waals surface area contributed by atoms with Gasteiger partial charge in [0.2, 0.25) is 11.4 Å². The number of rotatable bonds is 0. The number of pyridine rings is 1. The Balaban J connectivity index is 2.14. The van der Waals surface area contributed by atoms with Crippen LogP contribution < -0.4 is 0 Å². The van der Waals surface area contributed by atoms with Crippen molar-refractivity contribution in [2.75, 3.05) is 0 Å². The van der Waals surface area contributed by atoms with Crippen LogP contribution in [0.15, 0.2) is 66.9 Å². The molecule has 2 heterocycles. The molecule has 6 rings (SSSR count). The standard InChI is InChI=1S/C28H11N5/c1-30-24-21(14-29)28-23(25(31-2)26(24)32-3)20-13-12-16-8-4-6-10-18(16)22(20)27-19-11-7-5-9-17(19)15-33(27)28/h4-13,15H. The van der Waals surface area contributed by atoms with Crippen LogP contribution in [0.5, 0.6) is 0 Å². The van der Waals surface area contributed by atoms with Gasteiger partial charge in [0, 0.05) is 27.9 Å². The molecule has 0 amide bonds. The molecule has 4 aromatic carbocycles. The zero-order valence-electron chi connectivity index (χ0n) is 17.1. The Morgan fingerprint density at radius 3 is 2.00 bits per heavy atom. The van der Waals surface area contributed by atoms with Crippen molar-refractivity contribution in [3.63, 3.8) is 0 Å². The highest BCUT2D eigenvalue weighted by Gasteiger charge is 2.25. The minimum Gasteiger partial charge on any atom is -0.316 e. The smallest absolute Gasteiger partial charge is 0.203 e. The second-order valence-corrected chi connectivity index (χ2v) is 7.74. The van der Waals surface area contributed by atoms with E-state index in [4.69, 9.17) is 19.7 Å². The lowest BCUT2D eigenvalue weighted by Crippen LogP contribution is -1.95. The van der Waals surface area contributed by atoms with E-state index in [1.807, 2.05) is 65.2 Å². The SMILES string of the molecule is [C-]#[N+]c1c([N+]#[C-])c(C#N)c2c(c1[N+]#[C-])c1ccc3ccccc3c1c1c3ccccc3cn21. The highest BCUT2D eigenvalue weighted by molar-refractivity contribution is 6.31. The van der Waals surface area contributed by atoms with Crippen LogP contribution in [0.3, 0.4) is 0 Å². The summed E-state index contributed by atoms with van der Waals surface area (Å²) in [6.07, 6.45) is 1.95. The fraction of sp³-hybridized carbons (Fsp3) is 0. The molecule has 148 valence electrons. The number of nitrogens with zero attached hydrogens (tertiary/aromatic N) is 5. The van der Waals surface area contributed by atoms with Crippen molar-refractivity contribution in [3.8, 4) is 6.07 Å². The lowest BCUT2D eigenvalue weighted by atomic mass is 9.94. The molecule has 5 heteroatoms. The van der Waals surface area contributed by atoms with Crippen LogP contribution in [-0.4, -0.2) is 4.40 Å². The third kappa shape index (κ3) is 2.21. The van der Waals surface area contributed by atoms with E-state index in [0.717, 1.165) is 37.8 Å². The fourth-order valence-corrected chi connectivity index (χ4v) is 4.95. The maximum Gasteiger partial charge on any atom is 0.203 e. The van der Waals surface area contributed by atoms with E-state index in [-0.39, 0.29) is 22.6 Å². The Morgan fingerprint density at radius 2 is 1.30 bits per heavy atom. The zero-order valence-corrected chi connectivity index (χ0v) is 17.1. The predicted octanol–water partition coefficient (Wildman–Crippen LogP) is 8.08. The zero-order chi connectivity index (χ0) is 22.7. The Hall–Kier alpha value is -5.36. The summed E-state index contributed by atoms with van der Waals surface area (Å²) in [6.45, 7) is 23.3. The summed E-state index contributed by atoms with van der Waals surface area (Å²) < 4.78 is 1.93. The first-order valence-electron chi connectivity index (χ1n) is 10.1. The first-order chi connectivity index (χ1) is 16.2. The molecule has 0 aliphatic rings. The summed E-state index contributed by atoms with van der Waals surface area (Å²) in [5.74, 6) is 0. The molecule has 2 aromatic heterocycles. The van der Waals surface area contributed by atoms with Crippen LogP contribution in [0.4, 0.5) is 17.1 Å². The number of fused-ring (bicyclic) bond motifs is 10. The van der Waals surface area contributed by atoms with Crippen molar-refractivity contribution in [2.45, 2.75) is 0 Å². The van der Waals surface area contributed by atoms with Crippen molar-refractivity contribution in [2.24, 2.45) is 0 Å². The fourth-order valence-electron chi connectivity index (χ4n) is 4.95. The van der Waals surface area contributed by atoms with E-state index in [9.17, 15) is 5.26 Å². The van der Waals surface area contributed by atoms with E-state index in [1.54, 1.807) is 0 Å². The predicted molar refractivity (Wildman–Crippen MR) is 131 cm³/mol. The molecule has 5 nitrogen and oxygen atoms in total. The van der Waals surface area contributed by atoms with Crippen LogP contribution in [0, 0.1) is 31.0 Å². The minimum atomic E-state index is -0.0646. The second-order valence-electron chi connectivity index (χ2n) is 7.74. The third-order valence-corrected chi connectivity index (χ3v) is 6.24. The van der Waals surface area contributed by atoms with E-state index < -0.39 is 0 Å². The van der Waals surface area contributed by atoms with Gasteiger partial charge in [-0.05, 0) is 21.5 Å². The van der Waals surface area contributed by atoms with Gasteiger partial charge >= 0.3 is 0 Å². The Bertz CT molecular complexity index is 2020. The van der Waals surface area contributed by atoms with E-state index in [2.05, 4.69) is 26.7 Å². The van der Waals surface area contributed by atoms with Gasteiger partial charge in [-0.15, -0.1) is 0 Å². The molecule has 0 aliphatic heterocycles. The molecule has 0 bridgehead atoms. The molecule has 0 atom stereocenters. The first kappa shape index (κ1) is 18.4. The summed E-state index contributed by atoms with van der Waals surface area (Å²) in [6, 6.07) is 22.2. The molecule has 0 unspecified atom stereocenters. The largest absolute Gasteiger partial charge is 0.316 e.